The lowest BCUT2D eigenvalue weighted by atomic mass is 10.0. The van der Waals surface area contributed by atoms with Crippen LogP contribution in [0.5, 0.6) is 0 Å². The first-order valence-electron chi connectivity index (χ1n) is 4.35. The van der Waals surface area contributed by atoms with Crippen LogP contribution in [0.4, 0.5) is 0 Å². The Morgan fingerprint density at radius 1 is 1.43 bits per heavy atom. The molecule has 0 spiro atoms. The van der Waals surface area contributed by atoms with E-state index in [4.69, 9.17) is 5.73 Å². The lowest BCUT2D eigenvalue weighted by Gasteiger charge is -2.04. The first-order valence-corrected chi connectivity index (χ1v) is 4.35. The largest absolute Gasteiger partial charge is 0.398 e. The third-order valence-electron chi connectivity index (χ3n) is 1.96. The molecule has 0 bridgehead atoms. The zero-order valence-electron chi connectivity index (χ0n) is 8.16. The van der Waals surface area contributed by atoms with E-state index in [0.717, 1.165) is 5.56 Å². The van der Waals surface area contributed by atoms with Crippen LogP contribution >= 0.6 is 0 Å². The summed E-state index contributed by atoms with van der Waals surface area (Å²) in [5.74, 6) is -0.0682. The van der Waals surface area contributed by atoms with Gasteiger partial charge in [0.15, 0.2) is 5.78 Å². The van der Waals surface area contributed by atoms with Gasteiger partial charge in [-0.25, -0.2) is 0 Å². The van der Waals surface area contributed by atoms with E-state index in [1.54, 1.807) is 0 Å². The number of nitrogens with two attached hydrogens (primary N) is 1. The van der Waals surface area contributed by atoms with Crippen molar-refractivity contribution in [1.82, 2.24) is 0 Å². The van der Waals surface area contributed by atoms with Crippen LogP contribution in [0.25, 0.3) is 5.70 Å². The van der Waals surface area contributed by atoms with Gasteiger partial charge in [0.1, 0.15) is 0 Å². The number of hydrogen-bond acceptors (Lipinski definition) is 2. The van der Waals surface area contributed by atoms with Gasteiger partial charge < -0.3 is 5.73 Å². The Kier molecular flexibility index (Phi) is 3.24. The van der Waals surface area contributed by atoms with Crippen LogP contribution in [-0.4, -0.2) is 5.78 Å². The van der Waals surface area contributed by atoms with Crippen molar-refractivity contribution in [3.8, 4) is 0 Å². The third kappa shape index (κ3) is 2.10. The van der Waals surface area contributed by atoms with Crippen molar-refractivity contribution in [2.24, 2.45) is 5.73 Å². The fourth-order valence-corrected chi connectivity index (χ4v) is 1.22. The smallest absolute Gasteiger partial charge is 0.161 e. The van der Waals surface area contributed by atoms with Gasteiger partial charge in [0.2, 0.25) is 0 Å². The Morgan fingerprint density at radius 2 is 2.00 bits per heavy atom. The zero-order chi connectivity index (χ0) is 10.6. The Bertz CT molecular complexity index is 382. The van der Waals surface area contributed by atoms with Crippen molar-refractivity contribution in [3.05, 3.63) is 54.1 Å². The van der Waals surface area contributed by atoms with Crippen LogP contribution < -0.4 is 5.73 Å². The van der Waals surface area contributed by atoms with E-state index in [1.807, 2.05) is 30.3 Å². The molecule has 0 atom stereocenters. The highest BCUT2D eigenvalue weighted by Crippen LogP contribution is 2.14. The predicted octanol–water partition coefficient (Wildman–Crippen LogP) is 2.38. The van der Waals surface area contributed by atoms with Gasteiger partial charge in [-0.1, -0.05) is 43.0 Å². The van der Waals surface area contributed by atoms with Gasteiger partial charge in [-0.3, -0.25) is 4.79 Å². The van der Waals surface area contributed by atoms with Crippen LogP contribution in [-0.2, 0) is 4.79 Å². The molecule has 74 valence electrons. The minimum absolute atomic E-state index is 0. The van der Waals surface area contributed by atoms with E-state index in [1.165, 1.54) is 13.0 Å². The van der Waals surface area contributed by atoms with E-state index < -0.39 is 0 Å². The quantitative estimate of drug-likeness (QED) is 0.586. The standard InChI is InChI=1S/C12H13NO.H2/c1-3-11(9(2)14)12(13)10-7-5-4-6-8-10;/h3-8H,1,13H2,2H3;1H/b12-11-;. The first-order chi connectivity index (χ1) is 6.66. The van der Waals surface area contributed by atoms with Gasteiger partial charge in [-0.05, 0) is 12.5 Å². The summed E-state index contributed by atoms with van der Waals surface area (Å²) in [5, 5.41) is 0. The van der Waals surface area contributed by atoms with E-state index >= 15 is 0 Å². The molecule has 0 aliphatic heterocycles. The summed E-state index contributed by atoms with van der Waals surface area (Å²) < 4.78 is 0. The zero-order valence-corrected chi connectivity index (χ0v) is 8.16. The molecular formula is C12H15NO. The summed E-state index contributed by atoms with van der Waals surface area (Å²) in [6.07, 6.45) is 1.49. The average molecular weight is 189 g/mol. The van der Waals surface area contributed by atoms with Gasteiger partial charge in [-0.2, -0.15) is 0 Å². The minimum Gasteiger partial charge on any atom is -0.398 e. The maximum Gasteiger partial charge on any atom is 0.161 e. The van der Waals surface area contributed by atoms with Crippen molar-refractivity contribution < 1.29 is 6.22 Å². The minimum atomic E-state index is -0.0682. The highest BCUT2D eigenvalue weighted by molar-refractivity contribution is 6.03. The predicted molar refractivity (Wildman–Crippen MR) is 60.5 cm³/mol. The molecular weight excluding hydrogens is 174 g/mol. The normalized spacial score (nSPS) is 11.8. The molecule has 0 unspecified atom stereocenters. The van der Waals surface area contributed by atoms with Crippen LogP contribution in [0.3, 0.4) is 0 Å². The Hall–Kier alpha value is -1.83. The molecule has 1 aromatic rings. The maximum atomic E-state index is 11.2. The van der Waals surface area contributed by atoms with Crippen molar-refractivity contribution >= 4 is 11.5 Å². The molecule has 0 aliphatic carbocycles. The molecule has 2 heteroatoms. The van der Waals surface area contributed by atoms with E-state index in [2.05, 4.69) is 6.58 Å². The lowest BCUT2D eigenvalue weighted by molar-refractivity contribution is -0.113. The number of benzene rings is 1. The summed E-state index contributed by atoms with van der Waals surface area (Å²) in [5.41, 5.74) is 7.63. The summed E-state index contributed by atoms with van der Waals surface area (Å²) in [7, 11) is 0. The van der Waals surface area contributed by atoms with Crippen LogP contribution in [0.2, 0.25) is 0 Å². The molecule has 0 amide bonds. The molecule has 0 saturated carbocycles. The number of ketones is 1. The number of Topliss-reactive ketones (excluding diaryl/α,β-unsaturated/α-hetero) is 1. The molecule has 2 nitrogen and oxygen atoms in total. The highest BCUT2D eigenvalue weighted by atomic mass is 16.1. The molecule has 0 saturated heterocycles. The topological polar surface area (TPSA) is 43.1 Å². The van der Waals surface area contributed by atoms with E-state index in [9.17, 15) is 4.79 Å². The first kappa shape index (κ1) is 10.3. The van der Waals surface area contributed by atoms with Crippen LogP contribution in [0.1, 0.15) is 13.9 Å². The molecule has 14 heavy (non-hydrogen) atoms. The number of carbonyl (C=O) groups is 1. The number of carbonyl (C=O) groups excluding carboxylic acids is 1. The Morgan fingerprint density at radius 3 is 2.43 bits per heavy atom. The second kappa shape index (κ2) is 4.42. The number of rotatable bonds is 3. The molecule has 1 aromatic carbocycles. The van der Waals surface area contributed by atoms with Crippen molar-refractivity contribution in [3.63, 3.8) is 0 Å². The summed E-state index contributed by atoms with van der Waals surface area (Å²) in [4.78, 5) is 11.2. The van der Waals surface area contributed by atoms with Crippen molar-refractivity contribution in [2.75, 3.05) is 0 Å². The van der Waals surface area contributed by atoms with Crippen molar-refractivity contribution in [1.29, 1.82) is 0 Å². The van der Waals surface area contributed by atoms with Gasteiger partial charge in [0.25, 0.3) is 0 Å². The SMILES string of the molecule is C=C/C(C(C)=O)=C(/N)c1ccccc1.[HH]. The lowest BCUT2D eigenvalue weighted by Crippen LogP contribution is -2.05. The maximum absolute atomic E-state index is 11.2. The summed E-state index contributed by atoms with van der Waals surface area (Å²) >= 11 is 0. The number of hydrogen-bond donors (Lipinski definition) is 1. The second-order valence-electron chi connectivity index (χ2n) is 2.95. The fraction of sp³-hybridized carbons (Fsp3) is 0.0833. The highest BCUT2D eigenvalue weighted by Gasteiger charge is 2.06. The van der Waals surface area contributed by atoms with Crippen molar-refractivity contribution in [2.45, 2.75) is 6.92 Å². The van der Waals surface area contributed by atoms with Gasteiger partial charge in [-0.15, -0.1) is 0 Å². The molecule has 0 fully saturated rings. The third-order valence-corrected chi connectivity index (χ3v) is 1.96. The fourth-order valence-electron chi connectivity index (χ4n) is 1.22. The molecule has 0 radical (unpaired) electrons. The van der Waals surface area contributed by atoms with E-state index in [-0.39, 0.29) is 7.21 Å². The summed E-state index contributed by atoms with van der Waals surface area (Å²) in [6.45, 7) is 5.05. The summed E-state index contributed by atoms with van der Waals surface area (Å²) in [6, 6.07) is 9.38. The van der Waals surface area contributed by atoms with Crippen LogP contribution in [0.15, 0.2) is 48.6 Å². The van der Waals surface area contributed by atoms with E-state index in [0.29, 0.717) is 11.3 Å². The van der Waals surface area contributed by atoms with Gasteiger partial charge in [0.05, 0.1) is 0 Å². The monoisotopic (exact) mass is 189 g/mol. The molecule has 2 N–H and O–H groups in total. The second-order valence-corrected chi connectivity index (χ2v) is 2.95. The molecule has 0 aromatic heterocycles. The number of allylic oxidation sites excluding steroid dienone is 2. The van der Waals surface area contributed by atoms with Crippen LogP contribution in [0, 0.1) is 0 Å². The molecule has 0 aliphatic rings. The van der Waals surface area contributed by atoms with Gasteiger partial charge >= 0.3 is 0 Å². The molecule has 0 heterocycles. The molecule has 1 rings (SSSR count). The van der Waals surface area contributed by atoms with Gasteiger partial charge in [0, 0.05) is 12.7 Å². The Balaban J connectivity index is 0.00000196. The Labute approximate surface area is 85.2 Å². The average Bonchev–Trinajstić information content (AvgIpc) is 2.19.